The number of hydrogen-bond donors (Lipinski definition) is 3. The quantitative estimate of drug-likeness (QED) is 0.449. The van der Waals surface area contributed by atoms with Gasteiger partial charge in [-0.15, -0.1) is 0 Å². The van der Waals surface area contributed by atoms with Crippen LogP contribution in [0, 0.1) is 0 Å². The first-order valence-electron chi connectivity index (χ1n) is 8.42. The van der Waals surface area contributed by atoms with Crippen LogP contribution in [0.2, 0.25) is 5.02 Å². The highest BCUT2D eigenvalue weighted by Gasteiger charge is 2.10. The molecule has 1 aromatic carbocycles. The molecule has 0 spiro atoms. The molecule has 0 radical (unpaired) electrons. The van der Waals surface area contributed by atoms with Crippen molar-refractivity contribution in [3.05, 3.63) is 82.1 Å². The average molecular weight is 394 g/mol. The van der Waals surface area contributed by atoms with Crippen molar-refractivity contribution >= 4 is 28.9 Å². The molecule has 4 rings (SSSR count). The van der Waals surface area contributed by atoms with E-state index in [2.05, 4.69) is 25.5 Å². The number of nitrogens with zero attached hydrogens (tertiary/aromatic N) is 4. The lowest BCUT2D eigenvalue weighted by Gasteiger charge is -2.11. The summed E-state index contributed by atoms with van der Waals surface area (Å²) in [6.07, 6.45) is 6.56. The number of pyridine rings is 1. The van der Waals surface area contributed by atoms with Gasteiger partial charge in [-0.1, -0.05) is 23.7 Å². The Morgan fingerprint density at radius 1 is 1.14 bits per heavy atom. The van der Waals surface area contributed by atoms with Gasteiger partial charge in [0.05, 0.1) is 35.3 Å². The molecule has 0 aliphatic carbocycles. The Bertz CT molecular complexity index is 1150. The predicted molar refractivity (Wildman–Crippen MR) is 109 cm³/mol. The molecule has 140 valence electrons. The molecule has 3 aromatic heterocycles. The van der Waals surface area contributed by atoms with E-state index in [4.69, 9.17) is 17.3 Å². The molecular formula is C19H16ClN7O. The van der Waals surface area contributed by atoms with E-state index in [1.807, 2.05) is 12.1 Å². The van der Waals surface area contributed by atoms with Gasteiger partial charge in [-0.05, 0) is 23.8 Å². The van der Waals surface area contributed by atoms with Gasteiger partial charge >= 0.3 is 0 Å². The molecule has 0 unspecified atom stereocenters. The van der Waals surface area contributed by atoms with Crippen LogP contribution in [0.15, 0.2) is 66.0 Å². The van der Waals surface area contributed by atoms with Crippen molar-refractivity contribution in [1.82, 2.24) is 24.7 Å². The molecule has 0 saturated carbocycles. The Labute approximate surface area is 165 Å². The fraction of sp³-hybridized carbons (Fsp3) is 0.0526. The molecule has 4 aromatic rings. The van der Waals surface area contributed by atoms with Crippen molar-refractivity contribution in [1.29, 1.82) is 0 Å². The van der Waals surface area contributed by atoms with Crippen molar-refractivity contribution in [2.24, 2.45) is 0 Å². The van der Waals surface area contributed by atoms with E-state index in [1.54, 1.807) is 41.4 Å². The summed E-state index contributed by atoms with van der Waals surface area (Å²) in [7, 11) is 0. The number of halogens is 1. The molecule has 0 saturated heterocycles. The maximum atomic E-state index is 12.2. The minimum absolute atomic E-state index is 0.113. The summed E-state index contributed by atoms with van der Waals surface area (Å²) in [5.41, 5.74) is 9.24. The summed E-state index contributed by atoms with van der Waals surface area (Å²) in [5.74, 6) is 0.360. The topological polar surface area (TPSA) is 115 Å². The van der Waals surface area contributed by atoms with Gasteiger partial charge in [0.25, 0.3) is 5.56 Å². The molecule has 28 heavy (non-hydrogen) atoms. The van der Waals surface area contributed by atoms with Gasteiger partial charge in [-0.25, -0.2) is 9.97 Å². The number of H-pyrrole nitrogens is 1. The van der Waals surface area contributed by atoms with Crippen LogP contribution >= 0.6 is 11.6 Å². The first-order valence-corrected chi connectivity index (χ1v) is 8.80. The van der Waals surface area contributed by atoms with Crippen molar-refractivity contribution in [3.8, 4) is 11.3 Å². The number of rotatable bonds is 5. The highest BCUT2D eigenvalue weighted by Crippen LogP contribution is 2.25. The summed E-state index contributed by atoms with van der Waals surface area (Å²) in [6, 6.07) is 10.6. The Hall–Kier alpha value is -3.65. The Kier molecular flexibility index (Phi) is 4.77. The van der Waals surface area contributed by atoms with Crippen molar-refractivity contribution < 1.29 is 0 Å². The minimum Gasteiger partial charge on any atom is -0.399 e. The lowest BCUT2D eigenvalue weighted by Crippen LogP contribution is -2.19. The SMILES string of the molecule is Nc1ccc(Cn2cc(Nc3ncc(Cl)c(-c4cn[nH]c4)n3)ccc2=O)cc1. The van der Waals surface area contributed by atoms with Crippen LogP contribution in [0.5, 0.6) is 0 Å². The predicted octanol–water partition coefficient (Wildman–Crippen LogP) is 3.06. The number of hydrogen-bond acceptors (Lipinski definition) is 6. The zero-order valence-electron chi connectivity index (χ0n) is 14.6. The van der Waals surface area contributed by atoms with Crippen molar-refractivity contribution in [2.75, 3.05) is 11.1 Å². The van der Waals surface area contributed by atoms with E-state index >= 15 is 0 Å². The van der Waals surface area contributed by atoms with Gasteiger partial charge in [0.1, 0.15) is 0 Å². The van der Waals surface area contributed by atoms with Crippen molar-refractivity contribution in [3.63, 3.8) is 0 Å². The fourth-order valence-electron chi connectivity index (χ4n) is 2.69. The minimum atomic E-state index is -0.113. The summed E-state index contributed by atoms with van der Waals surface area (Å²) in [5, 5.41) is 10.2. The maximum Gasteiger partial charge on any atom is 0.250 e. The molecule has 4 N–H and O–H groups in total. The fourth-order valence-corrected chi connectivity index (χ4v) is 2.89. The molecule has 8 nitrogen and oxygen atoms in total. The van der Waals surface area contributed by atoms with Gasteiger partial charge < -0.3 is 15.6 Å². The Morgan fingerprint density at radius 3 is 2.71 bits per heavy atom. The number of anilines is 3. The van der Waals surface area contributed by atoms with Crippen molar-refractivity contribution in [2.45, 2.75) is 6.54 Å². The van der Waals surface area contributed by atoms with E-state index < -0.39 is 0 Å². The Morgan fingerprint density at radius 2 is 1.96 bits per heavy atom. The zero-order chi connectivity index (χ0) is 19.5. The van der Waals surface area contributed by atoms with Gasteiger partial charge in [-0.3, -0.25) is 9.89 Å². The molecule has 9 heteroatoms. The summed E-state index contributed by atoms with van der Waals surface area (Å²) in [6.45, 7) is 0.427. The van der Waals surface area contributed by atoms with Crippen LogP contribution in [-0.2, 0) is 6.54 Å². The maximum absolute atomic E-state index is 12.2. The molecule has 3 heterocycles. The Balaban J connectivity index is 1.60. The van der Waals surface area contributed by atoms with Gasteiger partial charge in [0.2, 0.25) is 5.95 Å². The first-order chi connectivity index (χ1) is 13.6. The van der Waals surface area contributed by atoms with E-state index in [9.17, 15) is 4.79 Å². The van der Waals surface area contributed by atoms with E-state index in [-0.39, 0.29) is 5.56 Å². The highest BCUT2D eigenvalue weighted by molar-refractivity contribution is 6.32. The largest absolute Gasteiger partial charge is 0.399 e. The smallest absolute Gasteiger partial charge is 0.250 e. The average Bonchev–Trinajstić information content (AvgIpc) is 3.22. The van der Waals surface area contributed by atoms with Crippen LogP contribution in [0.4, 0.5) is 17.3 Å². The molecule has 0 fully saturated rings. The summed E-state index contributed by atoms with van der Waals surface area (Å²) in [4.78, 5) is 20.8. The molecule has 0 bridgehead atoms. The summed E-state index contributed by atoms with van der Waals surface area (Å²) >= 11 is 6.19. The lowest BCUT2D eigenvalue weighted by molar-refractivity contribution is 0.761. The molecule has 0 aliphatic rings. The first kappa shape index (κ1) is 17.7. The third-order valence-corrected chi connectivity index (χ3v) is 4.36. The third kappa shape index (κ3) is 3.86. The second-order valence-electron chi connectivity index (χ2n) is 6.13. The number of aromatic amines is 1. The van der Waals surface area contributed by atoms with Crippen LogP contribution in [0.3, 0.4) is 0 Å². The van der Waals surface area contributed by atoms with Crippen LogP contribution in [0.25, 0.3) is 11.3 Å². The lowest BCUT2D eigenvalue weighted by atomic mass is 10.2. The second-order valence-corrected chi connectivity index (χ2v) is 6.53. The number of nitrogens with one attached hydrogen (secondary N) is 2. The third-order valence-electron chi connectivity index (χ3n) is 4.09. The van der Waals surface area contributed by atoms with Crippen LogP contribution in [-0.4, -0.2) is 24.7 Å². The van der Waals surface area contributed by atoms with E-state index in [0.717, 1.165) is 11.1 Å². The number of aromatic nitrogens is 5. The summed E-state index contributed by atoms with van der Waals surface area (Å²) < 4.78 is 1.60. The van der Waals surface area contributed by atoms with E-state index in [1.165, 1.54) is 12.3 Å². The highest BCUT2D eigenvalue weighted by atomic mass is 35.5. The number of nitrogen functional groups attached to an aromatic ring is 1. The standard InChI is InChI=1S/C19H16ClN7O/c20-16-9-22-19(26-18(16)13-7-23-24-8-13)25-15-5-6-17(28)27(11-15)10-12-1-3-14(21)4-2-12/h1-9,11H,10,21H2,(H,23,24)(H,22,25,26). The zero-order valence-corrected chi connectivity index (χ0v) is 15.4. The molecule has 0 atom stereocenters. The number of nitrogens with two attached hydrogens (primary N) is 1. The van der Waals surface area contributed by atoms with Crippen LogP contribution < -0.4 is 16.6 Å². The molecular weight excluding hydrogens is 378 g/mol. The van der Waals surface area contributed by atoms with E-state index in [0.29, 0.717) is 34.6 Å². The van der Waals surface area contributed by atoms with Gasteiger partial charge in [0.15, 0.2) is 0 Å². The van der Waals surface area contributed by atoms with Gasteiger partial charge in [-0.2, -0.15) is 5.10 Å². The van der Waals surface area contributed by atoms with Crippen LogP contribution in [0.1, 0.15) is 5.56 Å². The second kappa shape index (κ2) is 7.53. The monoisotopic (exact) mass is 393 g/mol. The van der Waals surface area contributed by atoms with Gasteiger partial charge in [0, 0.05) is 29.7 Å². The number of benzene rings is 1. The molecule has 0 amide bonds. The normalized spacial score (nSPS) is 10.8. The molecule has 0 aliphatic heterocycles.